The normalized spacial score (nSPS) is 28.3. The molecule has 3 unspecified atom stereocenters. The molecule has 0 radical (unpaired) electrons. The number of hydrogen-bond acceptors (Lipinski definition) is 2. The van der Waals surface area contributed by atoms with E-state index in [-0.39, 0.29) is 5.82 Å². The van der Waals surface area contributed by atoms with Crippen LogP contribution in [0.1, 0.15) is 23.9 Å². The minimum atomic E-state index is -4.52. The van der Waals surface area contributed by atoms with Crippen LogP contribution in [0.2, 0.25) is 0 Å². The highest BCUT2D eigenvalue weighted by atomic mass is 79.9. The molecular weight excluding hydrogens is 332 g/mol. The predicted octanol–water partition coefficient (Wildman–Crippen LogP) is 3.55. The van der Waals surface area contributed by atoms with E-state index in [9.17, 15) is 17.6 Å². The Bertz CT molecular complexity index is 485. The summed E-state index contributed by atoms with van der Waals surface area (Å²) in [6.45, 7) is 0. The van der Waals surface area contributed by atoms with Gasteiger partial charge in [0.2, 0.25) is 0 Å². The molecule has 0 aromatic carbocycles. The molecule has 0 saturated carbocycles. The Morgan fingerprint density at radius 2 is 2.16 bits per heavy atom. The van der Waals surface area contributed by atoms with Gasteiger partial charge in [-0.1, -0.05) is 15.9 Å². The van der Waals surface area contributed by atoms with Crippen molar-refractivity contribution in [1.29, 1.82) is 0 Å². The third-order valence-corrected chi connectivity index (χ3v) is 3.59. The second-order valence-electron chi connectivity index (χ2n) is 4.24. The molecule has 1 heterocycles. The van der Waals surface area contributed by atoms with Gasteiger partial charge in [-0.25, -0.2) is 9.37 Å². The van der Waals surface area contributed by atoms with Crippen LogP contribution in [0.3, 0.4) is 0 Å². The van der Waals surface area contributed by atoms with Crippen LogP contribution in [0.4, 0.5) is 17.6 Å². The molecule has 1 aromatic rings. The molecule has 1 N–H and O–H groups in total. The smallest absolute Gasteiger partial charge is 0.380 e. The molecule has 0 aliphatic heterocycles. The van der Waals surface area contributed by atoms with E-state index in [2.05, 4.69) is 25.9 Å². The average Bonchev–Trinajstić information content (AvgIpc) is 2.76. The summed E-state index contributed by atoms with van der Waals surface area (Å²) in [4.78, 5) is 5.77. The first-order valence-electron chi connectivity index (χ1n) is 5.48. The maximum atomic E-state index is 14.0. The SMILES string of the molecule is COC1CC(Br)=CC(F)C1c1ncc(C(F)(F)F)[nH]1. The molecule has 0 amide bonds. The predicted molar refractivity (Wildman–Crippen MR) is 63.7 cm³/mol. The van der Waals surface area contributed by atoms with Crippen LogP contribution in [-0.4, -0.2) is 29.4 Å². The lowest BCUT2D eigenvalue weighted by Gasteiger charge is -2.30. The quantitative estimate of drug-likeness (QED) is 0.834. The Hall–Kier alpha value is -0.890. The fraction of sp³-hybridized carbons (Fsp3) is 0.545. The van der Waals surface area contributed by atoms with Gasteiger partial charge in [-0.2, -0.15) is 13.2 Å². The van der Waals surface area contributed by atoms with Gasteiger partial charge in [0, 0.05) is 13.5 Å². The van der Waals surface area contributed by atoms with Crippen LogP contribution < -0.4 is 0 Å². The highest BCUT2D eigenvalue weighted by molar-refractivity contribution is 9.11. The summed E-state index contributed by atoms with van der Waals surface area (Å²) in [5.74, 6) is -0.926. The van der Waals surface area contributed by atoms with Gasteiger partial charge in [-0.3, -0.25) is 0 Å². The van der Waals surface area contributed by atoms with Crippen LogP contribution in [-0.2, 0) is 10.9 Å². The number of aromatic nitrogens is 2. The molecule has 106 valence electrons. The second kappa shape index (κ2) is 5.24. The number of hydrogen-bond donors (Lipinski definition) is 1. The fourth-order valence-electron chi connectivity index (χ4n) is 2.08. The number of alkyl halides is 4. The van der Waals surface area contributed by atoms with Crippen molar-refractivity contribution in [3.05, 3.63) is 28.3 Å². The monoisotopic (exact) mass is 342 g/mol. The lowest BCUT2D eigenvalue weighted by Crippen LogP contribution is -2.32. The van der Waals surface area contributed by atoms with E-state index in [1.807, 2.05) is 0 Å². The molecule has 1 aromatic heterocycles. The minimum absolute atomic E-state index is 0.0528. The number of rotatable bonds is 2. The Morgan fingerprint density at radius 3 is 2.68 bits per heavy atom. The van der Waals surface area contributed by atoms with E-state index in [0.29, 0.717) is 17.1 Å². The molecule has 3 atom stereocenters. The van der Waals surface area contributed by atoms with Crippen LogP contribution >= 0.6 is 15.9 Å². The van der Waals surface area contributed by atoms with E-state index in [4.69, 9.17) is 4.74 Å². The lowest BCUT2D eigenvalue weighted by atomic mass is 9.89. The molecule has 3 nitrogen and oxygen atoms in total. The van der Waals surface area contributed by atoms with Crippen molar-refractivity contribution in [2.45, 2.75) is 30.8 Å². The van der Waals surface area contributed by atoms with E-state index < -0.39 is 30.1 Å². The maximum Gasteiger partial charge on any atom is 0.432 e. The summed E-state index contributed by atoms with van der Waals surface area (Å²) in [5, 5.41) is 0. The number of nitrogens with one attached hydrogen (secondary N) is 1. The van der Waals surface area contributed by atoms with Gasteiger partial charge in [-0.15, -0.1) is 0 Å². The summed E-state index contributed by atoms with van der Waals surface area (Å²) in [6, 6.07) is 0. The molecule has 1 aliphatic rings. The fourth-order valence-corrected chi connectivity index (χ4v) is 2.65. The first kappa shape index (κ1) is 14.5. The van der Waals surface area contributed by atoms with Crippen molar-refractivity contribution in [3.63, 3.8) is 0 Å². The van der Waals surface area contributed by atoms with Gasteiger partial charge in [0.25, 0.3) is 0 Å². The second-order valence-corrected chi connectivity index (χ2v) is 5.26. The van der Waals surface area contributed by atoms with Crippen LogP contribution in [0.15, 0.2) is 16.8 Å². The first-order valence-corrected chi connectivity index (χ1v) is 6.27. The number of allylic oxidation sites excluding steroid dienone is 1. The van der Waals surface area contributed by atoms with Gasteiger partial charge in [0.15, 0.2) is 0 Å². The Morgan fingerprint density at radius 1 is 1.47 bits per heavy atom. The molecule has 1 aliphatic carbocycles. The summed E-state index contributed by atoms with van der Waals surface area (Å²) in [7, 11) is 1.39. The molecule has 0 saturated heterocycles. The zero-order valence-corrected chi connectivity index (χ0v) is 11.4. The summed E-state index contributed by atoms with van der Waals surface area (Å²) < 4.78 is 57.2. The van der Waals surface area contributed by atoms with Gasteiger partial charge in [-0.05, 0) is 10.6 Å². The van der Waals surface area contributed by atoms with Crippen molar-refractivity contribution >= 4 is 15.9 Å². The zero-order valence-electron chi connectivity index (χ0n) is 9.84. The third kappa shape index (κ3) is 3.00. The summed E-state index contributed by atoms with van der Waals surface area (Å²) >= 11 is 3.18. The summed E-state index contributed by atoms with van der Waals surface area (Å²) in [6.07, 6.45) is -4.17. The number of aromatic amines is 1. The van der Waals surface area contributed by atoms with E-state index in [1.54, 1.807) is 0 Å². The number of nitrogens with zero attached hydrogens (tertiary/aromatic N) is 1. The van der Waals surface area contributed by atoms with Gasteiger partial charge in [0.05, 0.1) is 18.2 Å². The third-order valence-electron chi connectivity index (χ3n) is 3.00. The Balaban J connectivity index is 2.31. The Labute approximate surface area is 115 Å². The van der Waals surface area contributed by atoms with Gasteiger partial charge < -0.3 is 9.72 Å². The molecule has 0 spiro atoms. The van der Waals surface area contributed by atoms with E-state index in [1.165, 1.54) is 13.2 Å². The lowest BCUT2D eigenvalue weighted by molar-refractivity contribution is -0.141. The molecule has 8 heteroatoms. The molecule has 2 rings (SSSR count). The van der Waals surface area contributed by atoms with Crippen LogP contribution in [0.5, 0.6) is 0 Å². The highest BCUT2D eigenvalue weighted by Crippen LogP contribution is 2.38. The van der Waals surface area contributed by atoms with E-state index >= 15 is 0 Å². The number of ether oxygens (including phenoxy) is 1. The standard InChI is InChI=1S/C11H11BrF4N2O/c1-19-7-3-5(12)2-6(13)9(7)10-17-4-8(18-10)11(14,15)16/h2,4,6-7,9H,3H2,1H3,(H,17,18). The molecule has 0 bridgehead atoms. The zero-order chi connectivity index (χ0) is 14.2. The largest absolute Gasteiger partial charge is 0.432 e. The van der Waals surface area contributed by atoms with Crippen molar-refractivity contribution in [3.8, 4) is 0 Å². The number of imidazole rings is 1. The van der Waals surface area contributed by atoms with Gasteiger partial charge in [0.1, 0.15) is 17.7 Å². The van der Waals surface area contributed by atoms with Crippen molar-refractivity contribution in [1.82, 2.24) is 9.97 Å². The number of methoxy groups -OCH3 is 1. The van der Waals surface area contributed by atoms with Crippen molar-refractivity contribution < 1.29 is 22.3 Å². The molecular formula is C11H11BrF4N2O. The van der Waals surface area contributed by atoms with Crippen LogP contribution in [0.25, 0.3) is 0 Å². The molecule has 19 heavy (non-hydrogen) atoms. The highest BCUT2D eigenvalue weighted by Gasteiger charge is 2.39. The van der Waals surface area contributed by atoms with Crippen LogP contribution in [0, 0.1) is 0 Å². The maximum absolute atomic E-state index is 14.0. The Kier molecular flexibility index (Phi) is 4.00. The molecule has 0 fully saturated rings. The minimum Gasteiger partial charge on any atom is -0.380 e. The average molecular weight is 343 g/mol. The van der Waals surface area contributed by atoms with Gasteiger partial charge >= 0.3 is 6.18 Å². The summed E-state index contributed by atoms with van der Waals surface area (Å²) in [5.41, 5.74) is -0.988. The first-order chi connectivity index (χ1) is 8.82. The van der Waals surface area contributed by atoms with E-state index in [0.717, 1.165) is 0 Å². The number of halogens is 5. The van der Waals surface area contributed by atoms with Crippen molar-refractivity contribution in [2.24, 2.45) is 0 Å². The topological polar surface area (TPSA) is 37.9 Å². The number of H-pyrrole nitrogens is 1. The van der Waals surface area contributed by atoms with Crippen molar-refractivity contribution in [2.75, 3.05) is 7.11 Å².